The maximum atomic E-state index is 12.2. The summed E-state index contributed by atoms with van der Waals surface area (Å²) < 4.78 is 0.965. The number of rotatable bonds is 5. The van der Waals surface area contributed by atoms with Gasteiger partial charge in [0.05, 0.1) is 0 Å². The fourth-order valence-corrected chi connectivity index (χ4v) is 2.49. The van der Waals surface area contributed by atoms with E-state index in [0.717, 1.165) is 10.0 Å². The van der Waals surface area contributed by atoms with Crippen LogP contribution in [0.25, 0.3) is 0 Å². The van der Waals surface area contributed by atoms with Gasteiger partial charge in [0.1, 0.15) is 17.4 Å². The topological polar surface area (TPSA) is 85.2 Å². The minimum absolute atomic E-state index is 0.0301. The van der Waals surface area contributed by atoms with Crippen LogP contribution in [0.5, 0.6) is 5.75 Å². The van der Waals surface area contributed by atoms with Gasteiger partial charge in [-0.3, -0.25) is 4.79 Å². The number of phenolic OH excluding ortho intramolecular Hbond substituents is 1. The Morgan fingerprint density at radius 3 is 2.79 bits per heavy atom. The molecule has 0 saturated heterocycles. The number of hydrogen-bond donors (Lipinski definition) is 3. The summed E-state index contributed by atoms with van der Waals surface area (Å²) in [5.74, 6) is -0.384. The Morgan fingerprint density at radius 2 is 2.12 bits per heavy atom. The van der Waals surface area contributed by atoms with Crippen LogP contribution in [0.4, 0.5) is 5.69 Å². The molecule has 1 amide bonds. The molecule has 2 aromatic carbocycles. The van der Waals surface area contributed by atoms with Crippen LogP contribution in [0.15, 0.2) is 58.7 Å². The number of phenols is 1. The van der Waals surface area contributed by atoms with Crippen LogP contribution < -0.4 is 10.6 Å². The number of aromatic hydroxyl groups is 1. The van der Waals surface area contributed by atoms with Gasteiger partial charge in [-0.05, 0) is 48.4 Å². The Balaban J connectivity index is 2.01. The molecule has 0 saturated carbocycles. The molecule has 5 nitrogen and oxygen atoms in total. The zero-order chi connectivity index (χ0) is 17.5. The lowest BCUT2D eigenvalue weighted by Gasteiger charge is -2.08. The molecule has 0 unspecified atom stereocenters. The van der Waals surface area contributed by atoms with Gasteiger partial charge in [0.25, 0.3) is 5.91 Å². The first-order valence-corrected chi connectivity index (χ1v) is 7.98. The molecule has 0 heterocycles. The van der Waals surface area contributed by atoms with Crippen molar-refractivity contribution in [3.05, 3.63) is 69.8 Å². The lowest BCUT2D eigenvalue weighted by molar-refractivity contribution is -0.112. The minimum atomic E-state index is -0.506. The monoisotopic (exact) mass is 385 g/mol. The quantitative estimate of drug-likeness (QED) is 0.417. The van der Waals surface area contributed by atoms with Gasteiger partial charge in [-0.15, -0.1) is 0 Å². The summed E-state index contributed by atoms with van der Waals surface area (Å²) in [4.78, 5) is 12.2. The van der Waals surface area contributed by atoms with E-state index < -0.39 is 5.91 Å². The van der Waals surface area contributed by atoms with Crippen molar-refractivity contribution in [2.24, 2.45) is 0 Å². The smallest absolute Gasteiger partial charge is 0.267 e. The molecule has 2 rings (SSSR count). The zero-order valence-electron chi connectivity index (χ0n) is 13.0. The Bertz CT molecular complexity index is 825. The number of benzene rings is 2. The van der Waals surface area contributed by atoms with Gasteiger partial charge in [-0.2, -0.15) is 5.26 Å². The predicted octanol–water partition coefficient (Wildman–Crippen LogP) is 3.60. The van der Waals surface area contributed by atoms with E-state index in [1.165, 1.54) is 18.3 Å². The maximum Gasteiger partial charge on any atom is 0.267 e. The highest BCUT2D eigenvalue weighted by Gasteiger charge is 2.10. The molecule has 0 fully saturated rings. The number of carbonyl (C=O) groups excluding carboxylic acids is 1. The van der Waals surface area contributed by atoms with Gasteiger partial charge in [0.15, 0.2) is 0 Å². The number of hydrogen-bond acceptors (Lipinski definition) is 4. The molecular weight excluding hydrogens is 370 g/mol. The number of anilines is 1. The van der Waals surface area contributed by atoms with Crippen LogP contribution in [0.1, 0.15) is 11.1 Å². The molecule has 6 heteroatoms. The summed E-state index contributed by atoms with van der Waals surface area (Å²) >= 11 is 3.39. The molecule has 0 spiro atoms. The average molecular weight is 386 g/mol. The van der Waals surface area contributed by atoms with Gasteiger partial charge < -0.3 is 15.7 Å². The van der Waals surface area contributed by atoms with Crippen LogP contribution in [-0.2, 0) is 11.3 Å². The second-order valence-electron chi connectivity index (χ2n) is 5.13. The summed E-state index contributed by atoms with van der Waals surface area (Å²) in [5, 5.41) is 24.2. The molecule has 0 atom stereocenters. The molecule has 0 radical (unpaired) electrons. The Hall–Kier alpha value is -2.78. The number of nitrogens with zero attached hydrogens (tertiary/aromatic N) is 1. The third-order valence-electron chi connectivity index (χ3n) is 3.26. The molecular formula is C18H16BrN3O2. The first kappa shape index (κ1) is 17.6. The van der Waals surface area contributed by atoms with E-state index in [9.17, 15) is 9.90 Å². The molecule has 0 aliphatic rings. The first-order valence-electron chi connectivity index (χ1n) is 7.18. The molecule has 0 aliphatic heterocycles. The van der Waals surface area contributed by atoms with E-state index in [4.69, 9.17) is 5.26 Å². The molecule has 24 heavy (non-hydrogen) atoms. The third kappa shape index (κ3) is 4.86. The van der Waals surface area contributed by atoms with Crippen molar-refractivity contribution in [1.29, 1.82) is 5.26 Å². The Kier molecular flexibility index (Phi) is 5.99. The van der Waals surface area contributed by atoms with Gasteiger partial charge in [0, 0.05) is 22.9 Å². The van der Waals surface area contributed by atoms with Gasteiger partial charge >= 0.3 is 0 Å². The lowest BCUT2D eigenvalue weighted by atomic mass is 10.2. The summed E-state index contributed by atoms with van der Waals surface area (Å²) in [6.07, 6.45) is 1.39. The number of amides is 1. The van der Waals surface area contributed by atoms with Crippen LogP contribution in [0, 0.1) is 18.3 Å². The van der Waals surface area contributed by atoms with Crippen LogP contribution in [0.3, 0.4) is 0 Å². The second-order valence-corrected chi connectivity index (χ2v) is 6.05. The highest BCUT2D eigenvalue weighted by atomic mass is 79.9. The van der Waals surface area contributed by atoms with Crippen molar-refractivity contribution in [3.8, 4) is 11.8 Å². The molecule has 0 aromatic heterocycles. The second kappa shape index (κ2) is 8.18. The number of halogens is 1. The van der Waals surface area contributed by atoms with Crippen LogP contribution in [-0.4, -0.2) is 11.0 Å². The summed E-state index contributed by atoms with van der Waals surface area (Å²) in [6.45, 7) is 2.26. The lowest BCUT2D eigenvalue weighted by Crippen LogP contribution is -2.17. The SMILES string of the molecule is Cc1cc(O)ccc1NC(=O)/C(C#N)=C\NCc1cccc(Br)c1. The largest absolute Gasteiger partial charge is 0.508 e. The molecule has 3 N–H and O–H groups in total. The van der Waals surface area contributed by atoms with Crippen molar-refractivity contribution in [2.75, 3.05) is 5.32 Å². The van der Waals surface area contributed by atoms with E-state index in [2.05, 4.69) is 26.6 Å². The standard InChI is InChI=1S/C18H16BrN3O2/c1-12-7-16(23)5-6-17(12)22-18(24)14(9-20)11-21-10-13-3-2-4-15(19)8-13/h2-8,11,21,23H,10H2,1H3,(H,22,24)/b14-11-. The molecule has 0 bridgehead atoms. The Labute approximate surface area is 148 Å². The third-order valence-corrected chi connectivity index (χ3v) is 3.76. The van der Waals surface area contributed by atoms with E-state index in [1.54, 1.807) is 13.0 Å². The van der Waals surface area contributed by atoms with Crippen molar-refractivity contribution >= 4 is 27.5 Å². The first-order chi connectivity index (χ1) is 11.5. The van der Waals surface area contributed by atoms with Gasteiger partial charge in [-0.25, -0.2) is 0 Å². The van der Waals surface area contributed by atoms with Crippen molar-refractivity contribution in [3.63, 3.8) is 0 Å². The summed E-state index contributed by atoms with van der Waals surface area (Å²) in [5.41, 5.74) is 2.25. The Morgan fingerprint density at radius 1 is 1.33 bits per heavy atom. The van der Waals surface area contributed by atoms with Gasteiger partial charge in [-0.1, -0.05) is 28.1 Å². The van der Waals surface area contributed by atoms with Crippen molar-refractivity contribution < 1.29 is 9.90 Å². The normalized spacial score (nSPS) is 10.8. The maximum absolute atomic E-state index is 12.2. The number of carbonyl (C=O) groups is 1. The fraction of sp³-hybridized carbons (Fsp3) is 0.111. The number of nitrogens with one attached hydrogen (secondary N) is 2. The predicted molar refractivity (Wildman–Crippen MR) is 96.2 cm³/mol. The number of aryl methyl sites for hydroxylation is 1. The number of nitriles is 1. The highest BCUT2D eigenvalue weighted by molar-refractivity contribution is 9.10. The molecule has 0 aliphatic carbocycles. The van der Waals surface area contributed by atoms with Gasteiger partial charge in [0.2, 0.25) is 0 Å². The molecule has 122 valence electrons. The van der Waals surface area contributed by atoms with Crippen molar-refractivity contribution in [2.45, 2.75) is 13.5 Å². The minimum Gasteiger partial charge on any atom is -0.508 e. The summed E-state index contributed by atoms with van der Waals surface area (Å²) in [7, 11) is 0. The molecule has 2 aromatic rings. The fourth-order valence-electron chi connectivity index (χ4n) is 2.04. The van der Waals surface area contributed by atoms with Crippen LogP contribution in [0.2, 0.25) is 0 Å². The van der Waals surface area contributed by atoms with E-state index in [1.807, 2.05) is 30.3 Å². The summed E-state index contributed by atoms with van der Waals surface area (Å²) in [6, 6.07) is 14.2. The van der Waals surface area contributed by atoms with E-state index in [-0.39, 0.29) is 11.3 Å². The van der Waals surface area contributed by atoms with E-state index in [0.29, 0.717) is 17.8 Å². The van der Waals surface area contributed by atoms with E-state index >= 15 is 0 Å². The van der Waals surface area contributed by atoms with Crippen LogP contribution >= 0.6 is 15.9 Å². The van der Waals surface area contributed by atoms with Crippen molar-refractivity contribution in [1.82, 2.24) is 5.32 Å². The average Bonchev–Trinajstić information content (AvgIpc) is 2.54. The highest BCUT2D eigenvalue weighted by Crippen LogP contribution is 2.20. The zero-order valence-corrected chi connectivity index (χ0v) is 14.6.